The number of alkyl halides is 3. The van der Waals surface area contributed by atoms with Gasteiger partial charge in [-0.05, 0) is 38.2 Å². The van der Waals surface area contributed by atoms with Crippen molar-refractivity contribution in [1.82, 2.24) is 24.9 Å². The third-order valence-electron chi connectivity index (χ3n) is 4.83. The van der Waals surface area contributed by atoms with Crippen molar-refractivity contribution >= 4 is 11.7 Å². The average molecular weight is 410 g/mol. The molecule has 1 aromatic carbocycles. The van der Waals surface area contributed by atoms with Crippen LogP contribution in [0.25, 0.3) is 5.69 Å². The number of likely N-dealkylation sites (N-methyl/N-ethyl adjacent to an activating group) is 1. The maximum Gasteiger partial charge on any atom is 0.416 e. The fraction of sp³-hybridized carbons (Fsp3) is 0.474. The number of urea groups is 1. The minimum atomic E-state index is -4.51. The SMILES string of the molecule is C[C@H](CN1CCN(C)CC1)NC(=O)Nc1cc(C(F)(F)F)ccc1-n1cccn1. The van der Waals surface area contributed by atoms with Crippen molar-refractivity contribution in [2.24, 2.45) is 0 Å². The summed E-state index contributed by atoms with van der Waals surface area (Å²) in [6.45, 7) is 6.32. The Hall–Kier alpha value is -2.59. The highest BCUT2D eigenvalue weighted by Gasteiger charge is 2.31. The molecule has 3 rings (SSSR count). The van der Waals surface area contributed by atoms with E-state index in [1.54, 1.807) is 12.3 Å². The van der Waals surface area contributed by atoms with E-state index in [-0.39, 0.29) is 11.7 Å². The predicted molar refractivity (Wildman–Crippen MR) is 104 cm³/mol. The summed E-state index contributed by atoms with van der Waals surface area (Å²) in [5.41, 5.74) is -0.452. The molecule has 10 heteroatoms. The average Bonchev–Trinajstić information content (AvgIpc) is 3.17. The van der Waals surface area contributed by atoms with Crippen LogP contribution >= 0.6 is 0 Å². The number of carbonyl (C=O) groups excluding carboxylic acids is 1. The maximum atomic E-state index is 13.1. The number of rotatable bonds is 5. The van der Waals surface area contributed by atoms with Gasteiger partial charge in [-0.1, -0.05) is 0 Å². The van der Waals surface area contributed by atoms with Crippen molar-refractivity contribution in [3.05, 3.63) is 42.2 Å². The fourth-order valence-electron chi connectivity index (χ4n) is 3.27. The zero-order valence-corrected chi connectivity index (χ0v) is 16.4. The lowest BCUT2D eigenvalue weighted by atomic mass is 10.1. The number of benzene rings is 1. The van der Waals surface area contributed by atoms with Gasteiger partial charge in [0, 0.05) is 51.2 Å². The normalized spacial score (nSPS) is 17.1. The van der Waals surface area contributed by atoms with E-state index in [2.05, 4.69) is 32.6 Å². The molecule has 1 fully saturated rings. The molecule has 0 saturated carbocycles. The number of amides is 2. The van der Waals surface area contributed by atoms with Crippen LogP contribution in [0.5, 0.6) is 0 Å². The van der Waals surface area contributed by atoms with Gasteiger partial charge in [0.15, 0.2) is 0 Å². The first kappa shape index (κ1) is 21.1. The number of aromatic nitrogens is 2. The van der Waals surface area contributed by atoms with Crippen molar-refractivity contribution in [2.75, 3.05) is 45.1 Å². The highest BCUT2D eigenvalue weighted by molar-refractivity contribution is 5.91. The summed E-state index contributed by atoms with van der Waals surface area (Å²) in [5, 5.41) is 9.39. The number of piperazine rings is 1. The number of anilines is 1. The molecule has 7 nitrogen and oxygen atoms in total. The third-order valence-corrected chi connectivity index (χ3v) is 4.83. The molecule has 0 spiro atoms. The number of hydrogen-bond donors (Lipinski definition) is 2. The highest BCUT2D eigenvalue weighted by Crippen LogP contribution is 2.33. The standard InChI is InChI=1S/C19H25F3N6O/c1-14(13-27-10-8-26(2)9-11-27)24-18(29)25-16-12-15(19(20,21)22)4-5-17(16)28-7-3-6-23-28/h3-7,12,14H,8-11,13H2,1-2H3,(H2,24,25,29)/t14-/m1/s1. The van der Waals surface area contributed by atoms with Gasteiger partial charge in [0.25, 0.3) is 0 Å². The third kappa shape index (κ3) is 5.70. The summed E-state index contributed by atoms with van der Waals surface area (Å²) in [7, 11) is 2.07. The van der Waals surface area contributed by atoms with Crippen LogP contribution < -0.4 is 10.6 Å². The second-order valence-electron chi connectivity index (χ2n) is 7.28. The van der Waals surface area contributed by atoms with Gasteiger partial charge in [0.2, 0.25) is 0 Å². The van der Waals surface area contributed by atoms with Crippen molar-refractivity contribution in [3.63, 3.8) is 0 Å². The first-order valence-electron chi connectivity index (χ1n) is 9.42. The molecule has 0 unspecified atom stereocenters. The second-order valence-corrected chi connectivity index (χ2v) is 7.28. The molecular weight excluding hydrogens is 385 g/mol. The molecule has 0 aliphatic carbocycles. The van der Waals surface area contributed by atoms with Crippen LogP contribution in [0.1, 0.15) is 12.5 Å². The molecule has 0 radical (unpaired) electrons. The second kappa shape index (κ2) is 8.83. The molecule has 1 aromatic heterocycles. The Labute approximate surface area is 167 Å². The summed E-state index contributed by atoms with van der Waals surface area (Å²) in [4.78, 5) is 16.9. The largest absolute Gasteiger partial charge is 0.416 e. The van der Waals surface area contributed by atoms with Crippen LogP contribution in [0.2, 0.25) is 0 Å². The van der Waals surface area contributed by atoms with Gasteiger partial charge >= 0.3 is 12.2 Å². The summed E-state index contributed by atoms with van der Waals surface area (Å²) >= 11 is 0. The zero-order valence-electron chi connectivity index (χ0n) is 16.4. The number of carbonyl (C=O) groups is 1. The summed E-state index contributed by atoms with van der Waals surface area (Å²) in [6, 6.07) is 4.12. The van der Waals surface area contributed by atoms with E-state index in [0.29, 0.717) is 12.2 Å². The highest BCUT2D eigenvalue weighted by atomic mass is 19.4. The molecule has 2 amide bonds. The van der Waals surface area contributed by atoms with E-state index in [4.69, 9.17) is 0 Å². The number of halogens is 3. The number of nitrogens with zero attached hydrogens (tertiary/aromatic N) is 4. The summed E-state index contributed by atoms with van der Waals surface area (Å²) in [5.74, 6) is 0. The zero-order chi connectivity index (χ0) is 21.0. The summed E-state index contributed by atoms with van der Waals surface area (Å²) in [6.07, 6.45) is -1.40. The Kier molecular flexibility index (Phi) is 6.43. The van der Waals surface area contributed by atoms with Gasteiger partial charge < -0.3 is 15.5 Å². The molecule has 0 bridgehead atoms. The molecule has 1 saturated heterocycles. The maximum absolute atomic E-state index is 13.1. The van der Waals surface area contributed by atoms with Crippen molar-refractivity contribution in [1.29, 1.82) is 0 Å². The van der Waals surface area contributed by atoms with Gasteiger partial charge in [-0.15, -0.1) is 0 Å². The minimum absolute atomic E-state index is 0.0350. The monoisotopic (exact) mass is 410 g/mol. The van der Waals surface area contributed by atoms with E-state index in [9.17, 15) is 18.0 Å². The predicted octanol–water partition coefficient (Wildman–Crippen LogP) is 2.65. The quantitative estimate of drug-likeness (QED) is 0.796. The summed E-state index contributed by atoms with van der Waals surface area (Å²) < 4.78 is 40.8. The van der Waals surface area contributed by atoms with E-state index >= 15 is 0 Å². The van der Waals surface area contributed by atoms with Crippen LogP contribution in [0, 0.1) is 0 Å². The van der Waals surface area contributed by atoms with Crippen LogP contribution in [0.15, 0.2) is 36.7 Å². The van der Waals surface area contributed by atoms with Gasteiger partial charge in [-0.25, -0.2) is 9.48 Å². The molecule has 2 heterocycles. The Morgan fingerprint density at radius 3 is 2.59 bits per heavy atom. The van der Waals surface area contributed by atoms with Crippen LogP contribution in [-0.2, 0) is 6.18 Å². The Morgan fingerprint density at radius 2 is 1.97 bits per heavy atom. The number of hydrogen-bond acceptors (Lipinski definition) is 4. The molecule has 2 aromatic rings. The van der Waals surface area contributed by atoms with Crippen LogP contribution in [-0.4, -0.2) is 71.4 Å². The van der Waals surface area contributed by atoms with Gasteiger partial charge in [-0.3, -0.25) is 4.90 Å². The minimum Gasteiger partial charge on any atom is -0.334 e. The van der Waals surface area contributed by atoms with Crippen molar-refractivity contribution in [3.8, 4) is 5.69 Å². The number of nitrogens with one attached hydrogen (secondary N) is 2. The smallest absolute Gasteiger partial charge is 0.334 e. The van der Waals surface area contributed by atoms with Crippen LogP contribution in [0.4, 0.5) is 23.7 Å². The molecule has 1 aliphatic heterocycles. The Bertz CT molecular complexity index is 816. The van der Waals surface area contributed by atoms with Crippen molar-refractivity contribution < 1.29 is 18.0 Å². The molecular formula is C19H25F3N6O. The van der Waals surface area contributed by atoms with E-state index in [0.717, 1.165) is 38.3 Å². The van der Waals surface area contributed by atoms with Crippen LogP contribution in [0.3, 0.4) is 0 Å². The lowest BCUT2D eigenvalue weighted by molar-refractivity contribution is -0.137. The van der Waals surface area contributed by atoms with E-state index in [1.807, 2.05) is 6.92 Å². The van der Waals surface area contributed by atoms with Crippen molar-refractivity contribution in [2.45, 2.75) is 19.1 Å². The van der Waals surface area contributed by atoms with Gasteiger partial charge in [-0.2, -0.15) is 18.3 Å². The Morgan fingerprint density at radius 1 is 1.24 bits per heavy atom. The molecule has 2 N–H and O–H groups in total. The topological polar surface area (TPSA) is 65.4 Å². The molecule has 1 atom stereocenters. The van der Waals surface area contributed by atoms with Gasteiger partial charge in [0.05, 0.1) is 16.9 Å². The van der Waals surface area contributed by atoms with E-state index < -0.39 is 17.8 Å². The fourth-order valence-corrected chi connectivity index (χ4v) is 3.27. The molecule has 158 valence electrons. The molecule has 1 aliphatic rings. The first-order chi connectivity index (χ1) is 13.7. The lowest BCUT2D eigenvalue weighted by Gasteiger charge is -2.34. The van der Waals surface area contributed by atoms with Gasteiger partial charge in [0.1, 0.15) is 0 Å². The van der Waals surface area contributed by atoms with E-state index in [1.165, 1.54) is 16.9 Å². The lowest BCUT2D eigenvalue weighted by Crippen LogP contribution is -2.50. The Balaban J connectivity index is 1.68. The first-order valence-corrected chi connectivity index (χ1v) is 9.42. The molecule has 29 heavy (non-hydrogen) atoms.